The van der Waals surface area contributed by atoms with Crippen LogP contribution in [0.4, 0.5) is 10.5 Å². The Bertz CT molecular complexity index is 680. The minimum atomic E-state index is -0.592. The molecule has 2 rings (SSSR count). The van der Waals surface area contributed by atoms with Crippen molar-refractivity contribution in [3.8, 4) is 0 Å². The number of ether oxygens (including phenoxy) is 2. The van der Waals surface area contributed by atoms with E-state index in [4.69, 9.17) is 9.47 Å². The van der Waals surface area contributed by atoms with Crippen molar-refractivity contribution in [1.82, 2.24) is 4.90 Å². The molecule has 1 aliphatic heterocycles. The first-order valence-electron chi connectivity index (χ1n) is 8.50. The van der Waals surface area contributed by atoms with Gasteiger partial charge in [0.25, 0.3) is 5.69 Å². The van der Waals surface area contributed by atoms with Crippen molar-refractivity contribution in [3.63, 3.8) is 0 Å². The Morgan fingerprint density at radius 2 is 1.85 bits per heavy atom. The van der Waals surface area contributed by atoms with Crippen LogP contribution in [0, 0.1) is 16.0 Å². The lowest BCUT2D eigenvalue weighted by molar-refractivity contribution is -0.384. The second kappa shape index (κ2) is 7.72. The number of piperidine rings is 1. The number of carbonyl (C=O) groups is 2. The molecule has 8 nitrogen and oxygen atoms in total. The SMILES string of the molecule is CC1CCN(C(=O)OC(C)(C)C)CC1OC(=O)c1ccc([N+](=O)[O-])cc1. The van der Waals surface area contributed by atoms with Gasteiger partial charge in [-0.25, -0.2) is 9.59 Å². The number of amides is 1. The summed E-state index contributed by atoms with van der Waals surface area (Å²) < 4.78 is 10.9. The lowest BCUT2D eigenvalue weighted by atomic mass is 9.96. The molecule has 142 valence electrons. The summed E-state index contributed by atoms with van der Waals surface area (Å²) in [6, 6.07) is 5.24. The summed E-state index contributed by atoms with van der Waals surface area (Å²) in [4.78, 5) is 36.2. The van der Waals surface area contributed by atoms with Gasteiger partial charge in [0.15, 0.2) is 0 Å². The monoisotopic (exact) mass is 364 g/mol. The Morgan fingerprint density at radius 1 is 1.23 bits per heavy atom. The number of likely N-dealkylation sites (tertiary alicyclic amines) is 1. The normalized spacial score (nSPS) is 20.4. The van der Waals surface area contributed by atoms with Crippen molar-refractivity contribution in [2.45, 2.75) is 45.8 Å². The van der Waals surface area contributed by atoms with E-state index in [0.717, 1.165) is 0 Å². The van der Waals surface area contributed by atoms with Gasteiger partial charge in [-0.1, -0.05) is 6.92 Å². The van der Waals surface area contributed by atoms with Gasteiger partial charge in [0.1, 0.15) is 11.7 Å². The number of rotatable bonds is 3. The van der Waals surface area contributed by atoms with Crippen LogP contribution in [0.15, 0.2) is 24.3 Å². The van der Waals surface area contributed by atoms with Crippen LogP contribution in [0.5, 0.6) is 0 Å². The average molecular weight is 364 g/mol. The van der Waals surface area contributed by atoms with Crippen molar-refractivity contribution in [1.29, 1.82) is 0 Å². The number of nitrogens with zero attached hydrogens (tertiary/aromatic N) is 2. The van der Waals surface area contributed by atoms with Crippen LogP contribution < -0.4 is 0 Å². The molecule has 0 aromatic heterocycles. The van der Waals surface area contributed by atoms with Crippen molar-refractivity contribution in [3.05, 3.63) is 39.9 Å². The number of hydrogen-bond acceptors (Lipinski definition) is 6. The van der Waals surface area contributed by atoms with E-state index in [1.165, 1.54) is 24.3 Å². The highest BCUT2D eigenvalue weighted by atomic mass is 16.6. The molecule has 1 fully saturated rings. The minimum Gasteiger partial charge on any atom is -0.457 e. The maximum atomic E-state index is 12.3. The standard InChI is InChI=1S/C18H24N2O6/c1-12-9-10-19(17(22)26-18(2,3)4)11-15(12)25-16(21)13-5-7-14(8-6-13)20(23)24/h5-8,12,15H,9-11H2,1-4H3. The van der Waals surface area contributed by atoms with E-state index < -0.39 is 28.7 Å². The van der Waals surface area contributed by atoms with E-state index in [1.54, 1.807) is 25.7 Å². The van der Waals surface area contributed by atoms with Gasteiger partial charge in [-0.3, -0.25) is 10.1 Å². The lowest BCUT2D eigenvalue weighted by Crippen LogP contribution is -2.49. The zero-order chi connectivity index (χ0) is 19.5. The van der Waals surface area contributed by atoms with E-state index in [-0.39, 0.29) is 23.7 Å². The predicted molar refractivity (Wildman–Crippen MR) is 93.9 cm³/mol. The van der Waals surface area contributed by atoms with Crippen LogP contribution >= 0.6 is 0 Å². The number of carbonyl (C=O) groups excluding carboxylic acids is 2. The summed E-state index contributed by atoms with van der Waals surface area (Å²) in [6.45, 7) is 8.15. The highest BCUT2D eigenvalue weighted by molar-refractivity contribution is 5.89. The number of non-ortho nitro benzene ring substituents is 1. The quantitative estimate of drug-likeness (QED) is 0.463. The Balaban J connectivity index is 2.01. The van der Waals surface area contributed by atoms with E-state index in [1.807, 2.05) is 6.92 Å². The fourth-order valence-electron chi connectivity index (χ4n) is 2.60. The largest absolute Gasteiger partial charge is 0.457 e. The Morgan fingerprint density at radius 3 is 2.38 bits per heavy atom. The van der Waals surface area contributed by atoms with Gasteiger partial charge in [0.2, 0.25) is 0 Å². The maximum absolute atomic E-state index is 12.3. The number of benzene rings is 1. The summed E-state index contributed by atoms with van der Waals surface area (Å²) in [6.07, 6.45) is -0.197. The first kappa shape index (κ1) is 19.7. The molecule has 1 aromatic carbocycles. The molecule has 1 amide bonds. The average Bonchev–Trinajstić information content (AvgIpc) is 2.55. The molecule has 1 saturated heterocycles. The summed E-state index contributed by atoms with van der Waals surface area (Å²) in [5.41, 5.74) is -0.452. The Labute approximate surface area is 152 Å². The summed E-state index contributed by atoms with van der Waals surface area (Å²) in [5.74, 6) is -0.474. The van der Waals surface area contributed by atoms with Gasteiger partial charge in [-0.15, -0.1) is 0 Å². The highest BCUT2D eigenvalue weighted by Crippen LogP contribution is 2.23. The zero-order valence-corrected chi connectivity index (χ0v) is 15.4. The van der Waals surface area contributed by atoms with Gasteiger partial charge in [0.05, 0.1) is 17.0 Å². The van der Waals surface area contributed by atoms with Gasteiger partial charge >= 0.3 is 12.1 Å². The molecule has 0 aliphatic carbocycles. The van der Waals surface area contributed by atoms with Crippen molar-refractivity contribution < 1.29 is 24.0 Å². The molecule has 1 heterocycles. The topological polar surface area (TPSA) is 99.0 Å². The molecular formula is C18H24N2O6. The van der Waals surface area contributed by atoms with Crippen molar-refractivity contribution in [2.24, 2.45) is 5.92 Å². The smallest absolute Gasteiger partial charge is 0.410 e. The zero-order valence-electron chi connectivity index (χ0n) is 15.4. The molecule has 1 aliphatic rings. The number of esters is 1. The molecule has 1 aromatic rings. The molecule has 26 heavy (non-hydrogen) atoms. The molecule has 0 spiro atoms. The summed E-state index contributed by atoms with van der Waals surface area (Å²) >= 11 is 0. The Kier molecular flexibility index (Phi) is 5.84. The molecule has 2 atom stereocenters. The summed E-state index contributed by atoms with van der Waals surface area (Å²) in [7, 11) is 0. The van der Waals surface area contributed by atoms with Crippen molar-refractivity contribution in [2.75, 3.05) is 13.1 Å². The van der Waals surface area contributed by atoms with Gasteiger partial charge in [-0.05, 0) is 45.2 Å². The molecule has 0 bridgehead atoms. The van der Waals surface area contributed by atoms with Gasteiger partial charge < -0.3 is 14.4 Å². The van der Waals surface area contributed by atoms with Crippen LogP contribution in [0.1, 0.15) is 44.5 Å². The second-order valence-electron chi connectivity index (χ2n) is 7.44. The number of nitro benzene ring substituents is 1. The van der Waals surface area contributed by atoms with Crippen LogP contribution in [0.25, 0.3) is 0 Å². The third kappa shape index (κ3) is 5.18. The van der Waals surface area contributed by atoms with E-state index in [9.17, 15) is 19.7 Å². The maximum Gasteiger partial charge on any atom is 0.410 e. The first-order chi connectivity index (χ1) is 12.1. The molecule has 0 radical (unpaired) electrons. The molecule has 8 heteroatoms. The van der Waals surface area contributed by atoms with Gasteiger partial charge in [-0.2, -0.15) is 0 Å². The molecule has 2 unspecified atom stereocenters. The van der Waals surface area contributed by atoms with E-state index >= 15 is 0 Å². The molecule has 0 N–H and O–H groups in total. The first-order valence-corrected chi connectivity index (χ1v) is 8.50. The third-order valence-electron chi connectivity index (χ3n) is 4.11. The van der Waals surface area contributed by atoms with Crippen LogP contribution in [0.3, 0.4) is 0 Å². The fraction of sp³-hybridized carbons (Fsp3) is 0.556. The fourth-order valence-corrected chi connectivity index (χ4v) is 2.60. The van der Waals surface area contributed by atoms with Crippen LogP contribution in [-0.2, 0) is 9.47 Å². The molecule has 0 saturated carbocycles. The summed E-state index contributed by atoms with van der Waals surface area (Å²) in [5, 5.41) is 10.7. The number of hydrogen-bond donors (Lipinski definition) is 0. The Hall–Kier alpha value is -2.64. The van der Waals surface area contributed by atoms with Crippen LogP contribution in [0.2, 0.25) is 0 Å². The third-order valence-corrected chi connectivity index (χ3v) is 4.11. The predicted octanol–water partition coefficient (Wildman–Crippen LogP) is 3.40. The van der Waals surface area contributed by atoms with Crippen LogP contribution in [-0.4, -0.2) is 46.7 Å². The highest BCUT2D eigenvalue weighted by Gasteiger charge is 2.33. The molecular weight excluding hydrogens is 340 g/mol. The second-order valence-corrected chi connectivity index (χ2v) is 7.44. The minimum absolute atomic E-state index is 0.0932. The lowest BCUT2D eigenvalue weighted by Gasteiger charge is -2.37. The van der Waals surface area contributed by atoms with Crippen molar-refractivity contribution >= 4 is 17.7 Å². The number of nitro groups is 1. The van der Waals surface area contributed by atoms with E-state index in [0.29, 0.717) is 13.0 Å². The van der Waals surface area contributed by atoms with E-state index in [2.05, 4.69) is 0 Å². The van der Waals surface area contributed by atoms with Gasteiger partial charge in [0, 0.05) is 18.7 Å².